The van der Waals surface area contributed by atoms with Crippen LogP contribution < -0.4 is 10.6 Å². The first-order chi connectivity index (χ1) is 13.0. The fourth-order valence-corrected chi connectivity index (χ4v) is 3.46. The first-order valence-corrected chi connectivity index (χ1v) is 10.1. The predicted octanol–water partition coefficient (Wildman–Crippen LogP) is 0.881. The van der Waals surface area contributed by atoms with Crippen LogP contribution in [-0.4, -0.2) is 66.2 Å². The van der Waals surface area contributed by atoms with E-state index in [9.17, 15) is 14.4 Å². The first-order valence-electron chi connectivity index (χ1n) is 9.66. The van der Waals surface area contributed by atoms with Crippen LogP contribution in [0, 0.1) is 0 Å². The van der Waals surface area contributed by atoms with Crippen molar-refractivity contribution in [3.05, 3.63) is 0 Å². The maximum absolute atomic E-state index is 12.2. The lowest BCUT2D eigenvalue weighted by atomic mass is 10.1. The van der Waals surface area contributed by atoms with Gasteiger partial charge < -0.3 is 25.0 Å². The molecule has 2 aliphatic heterocycles. The Labute approximate surface area is 165 Å². The van der Waals surface area contributed by atoms with Crippen LogP contribution in [0.25, 0.3) is 0 Å². The molecule has 0 saturated carbocycles. The minimum Gasteiger partial charge on any atom is -0.463 e. The molecule has 0 aromatic carbocycles. The van der Waals surface area contributed by atoms with E-state index in [4.69, 9.17) is 21.7 Å². The van der Waals surface area contributed by atoms with E-state index >= 15 is 0 Å². The van der Waals surface area contributed by atoms with Gasteiger partial charge >= 0.3 is 5.97 Å². The molecule has 0 unspecified atom stereocenters. The molecule has 2 rings (SSSR count). The summed E-state index contributed by atoms with van der Waals surface area (Å²) in [6.07, 6.45) is 4.85. The van der Waals surface area contributed by atoms with E-state index in [1.165, 1.54) is 0 Å². The summed E-state index contributed by atoms with van der Waals surface area (Å²) in [6.45, 7) is 3.80. The number of nitrogens with zero attached hydrogens (tertiary/aromatic N) is 1. The highest BCUT2D eigenvalue weighted by Crippen LogP contribution is 2.14. The van der Waals surface area contributed by atoms with Gasteiger partial charge in [-0.25, -0.2) is 0 Å². The largest absolute Gasteiger partial charge is 0.463 e. The van der Waals surface area contributed by atoms with Crippen molar-refractivity contribution in [1.29, 1.82) is 0 Å². The lowest BCUT2D eigenvalue weighted by Crippen LogP contribution is -2.60. The molecule has 2 fully saturated rings. The summed E-state index contributed by atoms with van der Waals surface area (Å²) in [7, 11) is 0. The Balaban J connectivity index is 1.85. The van der Waals surface area contributed by atoms with Crippen molar-refractivity contribution in [2.75, 3.05) is 26.3 Å². The molecule has 2 N–H and O–H groups in total. The van der Waals surface area contributed by atoms with E-state index in [1.807, 2.05) is 0 Å². The second kappa shape index (κ2) is 11.2. The number of ether oxygens (including phenoxy) is 2. The number of carbonyl (C=O) groups excluding carboxylic acids is 3. The topological polar surface area (TPSA) is 97.0 Å². The summed E-state index contributed by atoms with van der Waals surface area (Å²) in [5.41, 5.74) is 0. The highest BCUT2D eigenvalue weighted by molar-refractivity contribution is 7.80. The normalized spacial score (nSPS) is 22.3. The van der Waals surface area contributed by atoms with Crippen molar-refractivity contribution < 1.29 is 23.9 Å². The average molecular weight is 400 g/mol. The van der Waals surface area contributed by atoms with Crippen LogP contribution in [0.4, 0.5) is 0 Å². The number of hydrogen-bond donors (Lipinski definition) is 2. The fourth-order valence-electron chi connectivity index (χ4n) is 3.13. The van der Waals surface area contributed by atoms with Gasteiger partial charge in [0.25, 0.3) is 0 Å². The molecule has 27 heavy (non-hydrogen) atoms. The summed E-state index contributed by atoms with van der Waals surface area (Å²) in [6, 6.07) is -0.779. The van der Waals surface area contributed by atoms with Gasteiger partial charge in [0.1, 0.15) is 12.6 Å². The standard InChI is InChI=1S/C18H29N3O5S/c1-2-3-4-7-15(22)20-18(27)21-9-8-19-17(24)14(21)11-16(23)26-12-13-6-5-10-25-13/h13-14H,2-12H2,1H3,(H,19,24)(H,20,22,27)/t13-,14+/m0/s1. The quantitative estimate of drug-likeness (QED) is 0.355. The summed E-state index contributed by atoms with van der Waals surface area (Å²) >= 11 is 5.31. The molecular formula is C18H29N3O5S. The summed E-state index contributed by atoms with van der Waals surface area (Å²) in [5, 5.41) is 5.59. The number of esters is 1. The van der Waals surface area contributed by atoms with Crippen LogP contribution in [0.2, 0.25) is 0 Å². The third-order valence-electron chi connectivity index (χ3n) is 4.66. The molecule has 2 heterocycles. The molecule has 8 nitrogen and oxygen atoms in total. The third kappa shape index (κ3) is 7.06. The molecule has 0 radical (unpaired) electrons. The Morgan fingerprint density at radius 1 is 1.41 bits per heavy atom. The van der Waals surface area contributed by atoms with Crippen molar-refractivity contribution in [1.82, 2.24) is 15.5 Å². The third-order valence-corrected chi connectivity index (χ3v) is 5.00. The van der Waals surface area contributed by atoms with E-state index < -0.39 is 12.0 Å². The second-order valence-electron chi connectivity index (χ2n) is 6.83. The van der Waals surface area contributed by atoms with Gasteiger partial charge in [-0.1, -0.05) is 19.8 Å². The molecule has 0 bridgehead atoms. The molecule has 2 atom stereocenters. The molecule has 9 heteroatoms. The van der Waals surface area contributed by atoms with Crippen LogP contribution in [-0.2, 0) is 23.9 Å². The van der Waals surface area contributed by atoms with Crippen LogP contribution >= 0.6 is 12.2 Å². The number of hydrogen-bond acceptors (Lipinski definition) is 6. The van der Waals surface area contributed by atoms with Crippen LogP contribution in [0.5, 0.6) is 0 Å². The summed E-state index contributed by atoms with van der Waals surface area (Å²) in [4.78, 5) is 38.0. The number of carbonyl (C=O) groups is 3. The van der Waals surface area contributed by atoms with Gasteiger partial charge in [-0.3, -0.25) is 14.4 Å². The van der Waals surface area contributed by atoms with E-state index in [1.54, 1.807) is 4.90 Å². The maximum atomic E-state index is 12.2. The maximum Gasteiger partial charge on any atom is 0.308 e. The minimum absolute atomic E-state index is 0.0614. The number of amides is 2. The Bertz CT molecular complexity index is 551. The van der Waals surface area contributed by atoms with E-state index in [-0.39, 0.29) is 36.1 Å². The van der Waals surface area contributed by atoms with Crippen LogP contribution in [0.15, 0.2) is 0 Å². The van der Waals surface area contributed by atoms with Crippen molar-refractivity contribution in [3.63, 3.8) is 0 Å². The van der Waals surface area contributed by atoms with Crippen molar-refractivity contribution in [2.24, 2.45) is 0 Å². The van der Waals surface area contributed by atoms with Crippen molar-refractivity contribution >= 4 is 35.1 Å². The van der Waals surface area contributed by atoms with E-state index in [0.29, 0.717) is 26.1 Å². The van der Waals surface area contributed by atoms with Gasteiger partial charge in [0.15, 0.2) is 5.11 Å². The molecule has 152 valence electrons. The monoisotopic (exact) mass is 399 g/mol. The number of nitrogens with one attached hydrogen (secondary N) is 2. The Kier molecular flexibility index (Phi) is 8.93. The van der Waals surface area contributed by atoms with Crippen LogP contribution in [0.1, 0.15) is 51.9 Å². The summed E-state index contributed by atoms with van der Waals surface area (Å²) in [5.74, 6) is -0.938. The first kappa shape index (κ1) is 21.6. The number of unbranched alkanes of at least 4 members (excludes halogenated alkanes) is 2. The molecule has 2 aliphatic rings. The smallest absolute Gasteiger partial charge is 0.308 e. The highest BCUT2D eigenvalue weighted by Gasteiger charge is 2.34. The lowest BCUT2D eigenvalue weighted by Gasteiger charge is -2.36. The molecule has 0 aliphatic carbocycles. The Morgan fingerprint density at radius 3 is 2.93 bits per heavy atom. The van der Waals surface area contributed by atoms with Crippen molar-refractivity contribution in [3.8, 4) is 0 Å². The second-order valence-corrected chi connectivity index (χ2v) is 7.22. The molecule has 2 saturated heterocycles. The van der Waals surface area contributed by atoms with Crippen LogP contribution in [0.3, 0.4) is 0 Å². The molecule has 0 aromatic heterocycles. The summed E-state index contributed by atoms with van der Waals surface area (Å²) < 4.78 is 10.7. The zero-order valence-corrected chi connectivity index (χ0v) is 16.6. The lowest BCUT2D eigenvalue weighted by molar-refractivity contribution is -0.150. The van der Waals surface area contributed by atoms with Gasteiger partial charge in [0.05, 0.1) is 12.5 Å². The van der Waals surface area contributed by atoms with Gasteiger partial charge in [-0.15, -0.1) is 0 Å². The average Bonchev–Trinajstić information content (AvgIpc) is 3.15. The molecule has 0 spiro atoms. The van der Waals surface area contributed by atoms with E-state index in [0.717, 1.165) is 32.1 Å². The zero-order chi connectivity index (χ0) is 19.6. The Morgan fingerprint density at radius 2 is 2.22 bits per heavy atom. The van der Waals surface area contributed by atoms with Gasteiger partial charge in [0, 0.05) is 26.1 Å². The molecule has 2 amide bonds. The van der Waals surface area contributed by atoms with E-state index in [2.05, 4.69) is 17.6 Å². The van der Waals surface area contributed by atoms with Crippen molar-refractivity contribution in [2.45, 2.75) is 64.0 Å². The van der Waals surface area contributed by atoms with Gasteiger partial charge in [0.2, 0.25) is 11.8 Å². The number of thiocarbonyl (C=S) groups is 1. The Hall–Kier alpha value is -1.74. The number of rotatable bonds is 8. The SMILES string of the molecule is CCCCCC(=O)NC(=S)N1CCNC(=O)[C@H]1CC(=O)OC[C@@H]1CCCO1. The number of piperazine rings is 1. The molecular weight excluding hydrogens is 370 g/mol. The highest BCUT2D eigenvalue weighted by atomic mass is 32.1. The van der Waals surface area contributed by atoms with Gasteiger partial charge in [-0.05, 0) is 31.5 Å². The minimum atomic E-state index is -0.779. The zero-order valence-electron chi connectivity index (χ0n) is 15.8. The predicted molar refractivity (Wildman–Crippen MR) is 103 cm³/mol. The fraction of sp³-hybridized carbons (Fsp3) is 0.778. The van der Waals surface area contributed by atoms with Gasteiger partial charge in [-0.2, -0.15) is 0 Å². The molecule has 0 aromatic rings.